The molecule has 3 N–H and O–H groups in total. The summed E-state index contributed by atoms with van der Waals surface area (Å²) in [4.78, 5) is 14.0. The Morgan fingerprint density at radius 3 is 2.61 bits per heavy atom. The average Bonchev–Trinajstić information content (AvgIpc) is 2.47. The number of para-hydroxylation sites is 1. The number of benzene rings is 2. The Hall–Kier alpha value is -2.09. The van der Waals surface area contributed by atoms with Crippen molar-refractivity contribution in [3.8, 4) is 0 Å². The molecule has 0 spiro atoms. The first-order chi connectivity index (χ1) is 10.8. The fourth-order valence-corrected chi connectivity index (χ4v) is 3.66. The van der Waals surface area contributed by atoms with Crippen LogP contribution in [0.3, 0.4) is 0 Å². The van der Waals surface area contributed by atoms with E-state index in [2.05, 4.69) is 5.32 Å². The molecule has 8 heteroatoms. The summed E-state index contributed by atoms with van der Waals surface area (Å²) in [6, 6.07) is 11.4. The second-order valence-corrected chi connectivity index (χ2v) is 7.14. The molecular formula is C15H14ClN3O3S. The van der Waals surface area contributed by atoms with Gasteiger partial charge in [0.2, 0.25) is 10.0 Å². The number of nitrogens with zero attached hydrogens (tertiary/aromatic N) is 1. The molecule has 0 bridgehead atoms. The molecule has 2 aromatic rings. The van der Waals surface area contributed by atoms with Gasteiger partial charge in [-0.3, -0.25) is 9.69 Å². The van der Waals surface area contributed by atoms with Gasteiger partial charge in [0.05, 0.1) is 10.6 Å². The van der Waals surface area contributed by atoms with Crippen molar-refractivity contribution in [1.29, 1.82) is 0 Å². The van der Waals surface area contributed by atoms with Gasteiger partial charge in [0.25, 0.3) is 5.91 Å². The van der Waals surface area contributed by atoms with Crippen LogP contribution in [0.2, 0.25) is 5.02 Å². The minimum atomic E-state index is -3.98. The monoisotopic (exact) mass is 351 g/mol. The van der Waals surface area contributed by atoms with Crippen molar-refractivity contribution in [2.45, 2.75) is 18.0 Å². The highest BCUT2D eigenvalue weighted by atomic mass is 35.5. The number of anilines is 2. The van der Waals surface area contributed by atoms with Crippen LogP contribution >= 0.6 is 11.6 Å². The topological polar surface area (TPSA) is 92.5 Å². The van der Waals surface area contributed by atoms with Crippen molar-refractivity contribution >= 4 is 38.9 Å². The maximum Gasteiger partial charge on any atom is 0.262 e. The molecule has 1 atom stereocenters. The van der Waals surface area contributed by atoms with Gasteiger partial charge < -0.3 is 5.32 Å². The van der Waals surface area contributed by atoms with Gasteiger partial charge in [0.15, 0.2) is 0 Å². The van der Waals surface area contributed by atoms with Gasteiger partial charge in [-0.1, -0.05) is 23.7 Å². The van der Waals surface area contributed by atoms with Crippen LogP contribution in [0, 0.1) is 0 Å². The van der Waals surface area contributed by atoms with E-state index in [1.54, 1.807) is 25.1 Å². The molecule has 0 radical (unpaired) electrons. The molecule has 1 amide bonds. The predicted octanol–water partition coefficient (Wildman–Crippen LogP) is 2.41. The van der Waals surface area contributed by atoms with Crippen LogP contribution in [0.15, 0.2) is 47.4 Å². The third-order valence-electron chi connectivity index (χ3n) is 3.63. The fraction of sp³-hybridized carbons (Fsp3) is 0.133. The van der Waals surface area contributed by atoms with Crippen molar-refractivity contribution in [3.05, 3.63) is 53.1 Å². The number of carbonyl (C=O) groups is 1. The number of nitrogens with one attached hydrogen (secondary N) is 1. The standard InChI is InChI=1S/C15H14ClN3O3S/c1-9-18-13-5-3-2-4-11(13)15(20)19(9)10-6-7-12(16)14(8-10)23(17,21)22/h2-9,18H,1H3,(H2,17,21,22). The third-order valence-corrected chi connectivity index (χ3v) is 5.02. The average molecular weight is 352 g/mol. The largest absolute Gasteiger partial charge is 0.364 e. The smallest absolute Gasteiger partial charge is 0.262 e. The quantitative estimate of drug-likeness (QED) is 0.868. The van der Waals surface area contributed by atoms with Gasteiger partial charge in [-0.05, 0) is 37.3 Å². The van der Waals surface area contributed by atoms with Crippen LogP contribution in [0.5, 0.6) is 0 Å². The van der Waals surface area contributed by atoms with E-state index in [1.165, 1.54) is 17.0 Å². The zero-order valence-electron chi connectivity index (χ0n) is 12.2. The molecule has 1 aliphatic rings. The second-order valence-electron chi connectivity index (χ2n) is 5.20. The molecule has 0 saturated heterocycles. The van der Waals surface area contributed by atoms with Crippen LogP contribution in [-0.4, -0.2) is 20.5 Å². The summed E-state index contributed by atoms with van der Waals surface area (Å²) in [5.74, 6) is -0.227. The van der Waals surface area contributed by atoms with E-state index in [0.29, 0.717) is 11.3 Å². The molecular weight excluding hydrogens is 338 g/mol. The molecule has 2 aromatic carbocycles. The summed E-state index contributed by atoms with van der Waals surface area (Å²) in [5.41, 5.74) is 1.65. The lowest BCUT2D eigenvalue weighted by Crippen LogP contribution is -2.47. The molecule has 0 saturated carbocycles. The van der Waals surface area contributed by atoms with Gasteiger partial charge in [-0.25, -0.2) is 13.6 Å². The number of carbonyl (C=O) groups excluding carboxylic acids is 1. The Balaban J connectivity index is 2.11. The van der Waals surface area contributed by atoms with E-state index in [-0.39, 0.29) is 22.0 Å². The molecule has 3 rings (SSSR count). The fourth-order valence-electron chi connectivity index (χ4n) is 2.59. The van der Waals surface area contributed by atoms with E-state index < -0.39 is 10.0 Å². The van der Waals surface area contributed by atoms with Gasteiger partial charge in [-0.15, -0.1) is 0 Å². The molecule has 23 heavy (non-hydrogen) atoms. The summed E-state index contributed by atoms with van der Waals surface area (Å²) in [6.45, 7) is 1.80. The maximum atomic E-state index is 12.7. The van der Waals surface area contributed by atoms with Crippen molar-refractivity contribution in [2.24, 2.45) is 5.14 Å². The molecule has 1 heterocycles. The van der Waals surface area contributed by atoms with E-state index >= 15 is 0 Å². The summed E-state index contributed by atoms with van der Waals surface area (Å²) < 4.78 is 23.2. The Labute approximate surface area is 138 Å². The number of rotatable bonds is 2. The Bertz CT molecular complexity index is 899. The van der Waals surface area contributed by atoms with Crippen LogP contribution in [0.1, 0.15) is 17.3 Å². The Kier molecular flexibility index (Phi) is 3.79. The van der Waals surface area contributed by atoms with Crippen molar-refractivity contribution < 1.29 is 13.2 Å². The molecule has 120 valence electrons. The summed E-state index contributed by atoms with van der Waals surface area (Å²) in [6.07, 6.45) is -0.355. The zero-order chi connectivity index (χ0) is 16.8. The number of fused-ring (bicyclic) bond motifs is 1. The van der Waals surface area contributed by atoms with Crippen LogP contribution in [-0.2, 0) is 10.0 Å². The molecule has 1 aliphatic heterocycles. The normalized spacial score (nSPS) is 17.6. The lowest BCUT2D eigenvalue weighted by Gasteiger charge is -2.36. The van der Waals surface area contributed by atoms with Crippen molar-refractivity contribution in [3.63, 3.8) is 0 Å². The van der Waals surface area contributed by atoms with E-state index in [1.807, 2.05) is 12.1 Å². The van der Waals surface area contributed by atoms with Crippen LogP contribution in [0.4, 0.5) is 11.4 Å². The van der Waals surface area contributed by atoms with Crippen molar-refractivity contribution in [1.82, 2.24) is 0 Å². The molecule has 0 aliphatic carbocycles. The van der Waals surface area contributed by atoms with Gasteiger partial charge in [0.1, 0.15) is 11.1 Å². The summed E-state index contributed by atoms with van der Waals surface area (Å²) >= 11 is 5.90. The summed E-state index contributed by atoms with van der Waals surface area (Å²) in [7, 11) is -3.98. The Morgan fingerprint density at radius 1 is 1.22 bits per heavy atom. The SMILES string of the molecule is CC1Nc2ccccc2C(=O)N1c1ccc(Cl)c(S(N)(=O)=O)c1. The lowest BCUT2D eigenvalue weighted by atomic mass is 10.1. The minimum Gasteiger partial charge on any atom is -0.364 e. The third kappa shape index (κ3) is 2.78. The maximum absolute atomic E-state index is 12.7. The number of hydrogen-bond acceptors (Lipinski definition) is 4. The second kappa shape index (κ2) is 5.52. The first kappa shape index (κ1) is 15.8. The number of halogens is 1. The van der Waals surface area contributed by atoms with Crippen molar-refractivity contribution in [2.75, 3.05) is 10.2 Å². The first-order valence-electron chi connectivity index (χ1n) is 6.80. The highest BCUT2D eigenvalue weighted by Crippen LogP contribution is 2.32. The minimum absolute atomic E-state index is 0.0155. The number of primary sulfonamides is 1. The number of amides is 1. The van der Waals surface area contributed by atoms with E-state index in [4.69, 9.17) is 16.7 Å². The number of hydrogen-bond donors (Lipinski definition) is 2. The van der Waals surface area contributed by atoms with Gasteiger partial charge >= 0.3 is 0 Å². The zero-order valence-corrected chi connectivity index (χ0v) is 13.7. The predicted molar refractivity (Wildman–Crippen MR) is 89.2 cm³/mol. The van der Waals surface area contributed by atoms with E-state index in [0.717, 1.165) is 5.69 Å². The van der Waals surface area contributed by atoms with Gasteiger partial charge in [-0.2, -0.15) is 0 Å². The highest BCUT2D eigenvalue weighted by molar-refractivity contribution is 7.89. The molecule has 1 unspecified atom stereocenters. The number of nitrogens with two attached hydrogens (primary N) is 1. The first-order valence-corrected chi connectivity index (χ1v) is 8.73. The number of sulfonamides is 1. The van der Waals surface area contributed by atoms with Crippen LogP contribution < -0.4 is 15.4 Å². The molecule has 6 nitrogen and oxygen atoms in total. The molecule has 0 aromatic heterocycles. The molecule has 0 fully saturated rings. The van der Waals surface area contributed by atoms with Gasteiger partial charge in [0, 0.05) is 11.4 Å². The van der Waals surface area contributed by atoms with E-state index in [9.17, 15) is 13.2 Å². The highest BCUT2D eigenvalue weighted by Gasteiger charge is 2.31. The summed E-state index contributed by atoms with van der Waals surface area (Å²) in [5, 5.41) is 8.39. The van der Waals surface area contributed by atoms with Crippen LogP contribution in [0.25, 0.3) is 0 Å². The Morgan fingerprint density at radius 2 is 1.91 bits per heavy atom. The lowest BCUT2D eigenvalue weighted by molar-refractivity contribution is 0.0977.